The number of rotatable bonds is 7. The Hall–Kier alpha value is -0.570. The lowest BCUT2D eigenvalue weighted by Crippen LogP contribution is -2.35. The molecular formula is C10H20O3. The first-order valence-electron chi connectivity index (χ1n) is 4.88. The molecule has 1 N–H and O–H groups in total. The van der Waals surface area contributed by atoms with E-state index in [0.29, 0.717) is 6.61 Å². The maximum absolute atomic E-state index is 10.6. The zero-order valence-corrected chi connectivity index (χ0v) is 8.80. The van der Waals surface area contributed by atoms with Gasteiger partial charge in [-0.3, -0.25) is 0 Å². The molecule has 0 aliphatic carbocycles. The number of carbonyl (C=O) groups is 1. The Kier molecular flexibility index (Phi) is 5.71. The second-order valence-electron chi connectivity index (χ2n) is 3.72. The predicted molar refractivity (Wildman–Crippen MR) is 51.8 cm³/mol. The molecule has 0 rings (SSSR count). The topological polar surface area (TPSA) is 46.5 Å². The number of carboxylic acids is 1. The van der Waals surface area contributed by atoms with Gasteiger partial charge in [0.1, 0.15) is 0 Å². The summed E-state index contributed by atoms with van der Waals surface area (Å²) in [4.78, 5) is 10.6. The molecule has 0 aliphatic heterocycles. The van der Waals surface area contributed by atoms with Crippen LogP contribution in [0.1, 0.15) is 46.5 Å². The zero-order valence-electron chi connectivity index (χ0n) is 8.80. The number of aliphatic carboxylic acids is 1. The van der Waals surface area contributed by atoms with E-state index in [9.17, 15) is 4.79 Å². The summed E-state index contributed by atoms with van der Waals surface area (Å²) in [5, 5.41) is 8.72. The van der Waals surface area contributed by atoms with Crippen molar-refractivity contribution in [3.63, 3.8) is 0 Å². The summed E-state index contributed by atoms with van der Waals surface area (Å²) < 4.78 is 5.24. The van der Waals surface area contributed by atoms with Crippen molar-refractivity contribution in [2.45, 2.75) is 52.1 Å². The normalized spacial score (nSPS) is 11.6. The van der Waals surface area contributed by atoms with Gasteiger partial charge in [0.25, 0.3) is 0 Å². The fourth-order valence-corrected chi connectivity index (χ4v) is 0.918. The molecule has 0 fully saturated rings. The van der Waals surface area contributed by atoms with E-state index in [2.05, 4.69) is 6.92 Å². The Bertz CT molecular complexity index is 152. The van der Waals surface area contributed by atoms with Crippen LogP contribution in [0.3, 0.4) is 0 Å². The van der Waals surface area contributed by atoms with Gasteiger partial charge in [0.05, 0.1) is 0 Å². The highest BCUT2D eigenvalue weighted by Gasteiger charge is 2.27. The summed E-state index contributed by atoms with van der Waals surface area (Å²) in [7, 11) is 0. The van der Waals surface area contributed by atoms with Gasteiger partial charge < -0.3 is 9.84 Å². The second-order valence-corrected chi connectivity index (χ2v) is 3.72. The summed E-state index contributed by atoms with van der Waals surface area (Å²) in [6.45, 7) is 5.84. The Morgan fingerprint density at radius 1 is 1.31 bits per heavy atom. The average Bonchev–Trinajstić information content (AvgIpc) is 2.03. The molecule has 0 unspecified atom stereocenters. The highest BCUT2D eigenvalue weighted by atomic mass is 16.5. The molecular weight excluding hydrogens is 168 g/mol. The molecule has 0 radical (unpaired) electrons. The first-order chi connectivity index (χ1) is 6.00. The van der Waals surface area contributed by atoms with Gasteiger partial charge >= 0.3 is 5.97 Å². The van der Waals surface area contributed by atoms with Gasteiger partial charge in [-0.1, -0.05) is 26.2 Å². The summed E-state index contributed by atoms with van der Waals surface area (Å²) in [6, 6.07) is 0. The Labute approximate surface area is 80.1 Å². The van der Waals surface area contributed by atoms with Crippen molar-refractivity contribution in [2.24, 2.45) is 0 Å². The van der Waals surface area contributed by atoms with Crippen molar-refractivity contribution < 1.29 is 14.6 Å². The minimum atomic E-state index is -1.04. The smallest absolute Gasteiger partial charge is 0.335 e. The van der Waals surface area contributed by atoms with Crippen LogP contribution in [0, 0.1) is 0 Å². The van der Waals surface area contributed by atoms with E-state index in [0.717, 1.165) is 12.8 Å². The van der Waals surface area contributed by atoms with Gasteiger partial charge in [-0.2, -0.15) is 0 Å². The van der Waals surface area contributed by atoms with E-state index in [1.165, 1.54) is 12.8 Å². The zero-order chi connectivity index (χ0) is 10.3. The lowest BCUT2D eigenvalue weighted by Gasteiger charge is -2.19. The van der Waals surface area contributed by atoms with Gasteiger partial charge in [-0.15, -0.1) is 0 Å². The molecule has 0 amide bonds. The molecule has 78 valence electrons. The second kappa shape index (κ2) is 5.97. The van der Waals surface area contributed by atoms with Crippen LogP contribution in [0.5, 0.6) is 0 Å². The standard InChI is InChI=1S/C10H20O3/c1-4-5-6-7-8-13-10(2,3)9(11)12/h4-8H2,1-3H3,(H,11,12). The number of unbranched alkanes of at least 4 members (excludes halogenated alkanes) is 3. The molecule has 0 saturated carbocycles. The number of hydrogen-bond donors (Lipinski definition) is 1. The molecule has 0 bridgehead atoms. The fraction of sp³-hybridized carbons (Fsp3) is 0.900. The molecule has 3 nitrogen and oxygen atoms in total. The van der Waals surface area contributed by atoms with E-state index >= 15 is 0 Å². The molecule has 0 aliphatic rings. The van der Waals surface area contributed by atoms with Crippen molar-refractivity contribution in [1.82, 2.24) is 0 Å². The Morgan fingerprint density at radius 2 is 1.92 bits per heavy atom. The van der Waals surface area contributed by atoms with Crippen LogP contribution in [0.2, 0.25) is 0 Å². The average molecular weight is 188 g/mol. The predicted octanol–water partition coefficient (Wildman–Crippen LogP) is 2.45. The number of hydrogen-bond acceptors (Lipinski definition) is 2. The van der Waals surface area contributed by atoms with E-state index in [4.69, 9.17) is 9.84 Å². The molecule has 13 heavy (non-hydrogen) atoms. The first-order valence-corrected chi connectivity index (χ1v) is 4.88. The minimum absolute atomic E-state index is 0.541. The fourth-order valence-electron chi connectivity index (χ4n) is 0.918. The lowest BCUT2D eigenvalue weighted by atomic mass is 10.1. The van der Waals surface area contributed by atoms with Crippen molar-refractivity contribution >= 4 is 5.97 Å². The van der Waals surface area contributed by atoms with E-state index in [1.54, 1.807) is 13.8 Å². The van der Waals surface area contributed by atoms with E-state index in [-0.39, 0.29) is 0 Å². The monoisotopic (exact) mass is 188 g/mol. The van der Waals surface area contributed by atoms with Gasteiger partial charge in [0, 0.05) is 6.61 Å². The van der Waals surface area contributed by atoms with Crippen LogP contribution in [0.4, 0.5) is 0 Å². The van der Waals surface area contributed by atoms with Crippen LogP contribution in [0.25, 0.3) is 0 Å². The Morgan fingerprint density at radius 3 is 2.38 bits per heavy atom. The summed E-state index contributed by atoms with van der Waals surface area (Å²) in [6.07, 6.45) is 4.44. The van der Waals surface area contributed by atoms with Gasteiger partial charge in [0.15, 0.2) is 5.60 Å². The van der Waals surface area contributed by atoms with Crippen molar-refractivity contribution in [1.29, 1.82) is 0 Å². The van der Waals surface area contributed by atoms with E-state index in [1.807, 2.05) is 0 Å². The van der Waals surface area contributed by atoms with Crippen molar-refractivity contribution in [3.05, 3.63) is 0 Å². The highest BCUT2D eigenvalue weighted by Crippen LogP contribution is 2.10. The molecule has 3 heteroatoms. The number of carboxylic acid groups (broad SMARTS) is 1. The van der Waals surface area contributed by atoms with Crippen LogP contribution in [-0.2, 0) is 9.53 Å². The third-order valence-corrected chi connectivity index (χ3v) is 1.98. The molecule has 0 saturated heterocycles. The number of ether oxygens (including phenoxy) is 1. The van der Waals surface area contributed by atoms with Crippen LogP contribution in [0.15, 0.2) is 0 Å². The van der Waals surface area contributed by atoms with Crippen LogP contribution >= 0.6 is 0 Å². The minimum Gasteiger partial charge on any atom is -0.479 e. The molecule has 0 spiro atoms. The first kappa shape index (κ1) is 12.4. The summed E-state index contributed by atoms with van der Waals surface area (Å²) in [5.41, 5.74) is -1.04. The molecule has 0 atom stereocenters. The van der Waals surface area contributed by atoms with Gasteiger partial charge in [0.2, 0.25) is 0 Å². The van der Waals surface area contributed by atoms with Gasteiger partial charge in [-0.25, -0.2) is 4.79 Å². The lowest BCUT2D eigenvalue weighted by molar-refractivity contribution is -0.161. The van der Waals surface area contributed by atoms with E-state index < -0.39 is 11.6 Å². The van der Waals surface area contributed by atoms with Crippen molar-refractivity contribution in [2.75, 3.05) is 6.61 Å². The Balaban J connectivity index is 3.46. The van der Waals surface area contributed by atoms with Crippen LogP contribution < -0.4 is 0 Å². The largest absolute Gasteiger partial charge is 0.479 e. The van der Waals surface area contributed by atoms with Gasteiger partial charge in [-0.05, 0) is 20.3 Å². The molecule has 0 aromatic rings. The van der Waals surface area contributed by atoms with Crippen LogP contribution in [-0.4, -0.2) is 23.3 Å². The molecule has 0 aromatic heterocycles. The summed E-state index contributed by atoms with van der Waals surface area (Å²) >= 11 is 0. The molecule has 0 aromatic carbocycles. The SMILES string of the molecule is CCCCCCOC(C)(C)C(=O)O. The third kappa shape index (κ3) is 5.64. The highest BCUT2D eigenvalue weighted by molar-refractivity contribution is 5.76. The summed E-state index contributed by atoms with van der Waals surface area (Å²) in [5.74, 6) is -0.900. The maximum atomic E-state index is 10.6. The van der Waals surface area contributed by atoms with Crippen molar-refractivity contribution in [3.8, 4) is 0 Å². The maximum Gasteiger partial charge on any atom is 0.335 e. The molecule has 0 heterocycles. The third-order valence-electron chi connectivity index (χ3n) is 1.98. The quantitative estimate of drug-likeness (QED) is 0.624.